The van der Waals surface area contributed by atoms with Crippen molar-refractivity contribution in [1.82, 2.24) is 15.1 Å². The van der Waals surface area contributed by atoms with Gasteiger partial charge in [0.05, 0.1) is 17.6 Å². The fourth-order valence-corrected chi connectivity index (χ4v) is 2.65. The maximum absolute atomic E-state index is 12.0. The fraction of sp³-hybridized carbons (Fsp3) is 0.0526. The van der Waals surface area contributed by atoms with Crippen molar-refractivity contribution in [2.45, 2.75) is 0 Å². The lowest BCUT2D eigenvalue weighted by Crippen LogP contribution is -2.24. The van der Waals surface area contributed by atoms with Gasteiger partial charge in [0.1, 0.15) is 0 Å². The van der Waals surface area contributed by atoms with Crippen LogP contribution in [0.2, 0.25) is 0 Å². The number of nitrogens with two attached hydrogens (primary N) is 2. The molecule has 28 heavy (non-hydrogen) atoms. The molecule has 0 bridgehead atoms. The summed E-state index contributed by atoms with van der Waals surface area (Å²) in [6, 6.07) is 13.5. The Kier molecular flexibility index (Phi) is 5.07. The zero-order valence-corrected chi connectivity index (χ0v) is 15.0. The maximum atomic E-state index is 12.0. The molecular weight excluding hydrogens is 360 g/mol. The average Bonchev–Trinajstić information content (AvgIpc) is 3.10. The summed E-state index contributed by atoms with van der Waals surface area (Å²) in [7, 11) is 1.47. The number of primary amides is 2. The number of nitrogens with zero attached hydrogens (tertiary/aromatic N) is 2. The van der Waals surface area contributed by atoms with Crippen LogP contribution in [-0.4, -0.2) is 34.7 Å². The van der Waals surface area contributed by atoms with Gasteiger partial charge in [-0.15, -0.1) is 0 Å². The van der Waals surface area contributed by atoms with Crippen molar-refractivity contribution in [2.75, 3.05) is 12.4 Å². The molecule has 0 aliphatic rings. The van der Waals surface area contributed by atoms with Gasteiger partial charge in [0.15, 0.2) is 5.69 Å². The van der Waals surface area contributed by atoms with E-state index in [1.807, 2.05) is 36.4 Å². The highest BCUT2D eigenvalue weighted by Crippen LogP contribution is 2.23. The summed E-state index contributed by atoms with van der Waals surface area (Å²) in [5.41, 5.74) is 13.6. The monoisotopic (exact) mass is 378 g/mol. The second-order valence-electron chi connectivity index (χ2n) is 5.89. The molecule has 6 N–H and O–H groups in total. The highest BCUT2D eigenvalue weighted by atomic mass is 16.2. The molecule has 9 heteroatoms. The predicted molar refractivity (Wildman–Crippen MR) is 104 cm³/mol. The second-order valence-corrected chi connectivity index (χ2v) is 5.89. The predicted octanol–water partition coefficient (Wildman–Crippen LogP) is 1.49. The first-order chi connectivity index (χ1) is 13.4. The smallest absolute Gasteiger partial charge is 0.316 e. The molecule has 142 valence electrons. The molecule has 0 spiro atoms. The van der Waals surface area contributed by atoms with E-state index in [2.05, 4.69) is 15.7 Å². The van der Waals surface area contributed by atoms with Crippen LogP contribution in [0.4, 0.5) is 10.5 Å². The van der Waals surface area contributed by atoms with Gasteiger partial charge >= 0.3 is 6.03 Å². The van der Waals surface area contributed by atoms with Gasteiger partial charge in [-0.3, -0.25) is 9.59 Å². The Bertz CT molecular complexity index is 1040. The molecule has 0 atom stereocenters. The van der Waals surface area contributed by atoms with E-state index >= 15 is 0 Å². The van der Waals surface area contributed by atoms with Gasteiger partial charge in [-0.1, -0.05) is 24.3 Å². The number of hydrogen-bond donors (Lipinski definition) is 4. The lowest BCUT2D eigenvalue weighted by Gasteiger charge is -2.05. The zero-order valence-electron chi connectivity index (χ0n) is 15.0. The SMILES string of the molecule is CNC(=O)c1nn(-c2ccc(-c3ccc(C(N)=O)cc3)cc2)cc1NC(N)=O. The summed E-state index contributed by atoms with van der Waals surface area (Å²) in [5, 5.41) is 9.07. The van der Waals surface area contributed by atoms with E-state index in [9.17, 15) is 14.4 Å². The van der Waals surface area contributed by atoms with Crippen LogP contribution in [0.15, 0.2) is 54.7 Å². The van der Waals surface area contributed by atoms with Crippen LogP contribution in [0.25, 0.3) is 16.8 Å². The molecule has 0 aliphatic carbocycles. The summed E-state index contributed by atoms with van der Waals surface area (Å²) in [6.07, 6.45) is 1.51. The first kappa shape index (κ1) is 18.6. The number of rotatable bonds is 5. The molecule has 0 aliphatic heterocycles. The Morgan fingerprint density at radius 3 is 2.00 bits per heavy atom. The van der Waals surface area contributed by atoms with Gasteiger partial charge in [-0.25, -0.2) is 9.48 Å². The summed E-state index contributed by atoms with van der Waals surface area (Å²) < 4.78 is 1.47. The van der Waals surface area contributed by atoms with Crippen LogP contribution in [0.3, 0.4) is 0 Å². The number of benzene rings is 2. The van der Waals surface area contributed by atoms with Gasteiger partial charge in [0.2, 0.25) is 5.91 Å². The molecule has 0 radical (unpaired) electrons. The minimum Gasteiger partial charge on any atom is -0.366 e. The summed E-state index contributed by atoms with van der Waals surface area (Å²) in [5.74, 6) is -0.929. The van der Waals surface area contributed by atoms with Crippen molar-refractivity contribution in [3.8, 4) is 16.8 Å². The van der Waals surface area contributed by atoms with Gasteiger partial charge < -0.3 is 22.1 Å². The van der Waals surface area contributed by atoms with Crippen LogP contribution in [0.5, 0.6) is 0 Å². The fourth-order valence-electron chi connectivity index (χ4n) is 2.65. The largest absolute Gasteiger partial charge is 0.366 e. The van der Waals surface area contributed by atoms with Crippen LogP contribution in [-0.2, 0) is 0 Å². The minimum absolute atomic E-state index is 0.0485. The topological polar surface area (TPSA) is 145 Å². The van der Waals surface area contributed by atoms with Crippen molar-refractivity contribution in [3.63, 3.8) is 0 Å². The number of carbonyl (C=O) groups excluding carboxylic acids is 3. The quantitative estimate of drug-likeness (QED) is 0.533. The van der Waals surface area contributed by atoms with E-state index in [0.29, 0.717) is 11.3 Å². The van der Waals surface area contributed by atoms with E-state index in [4.69, 9.17) is 11.5 Å². The first-order valence-corrected chi connectivity index (χ1v) is 8.28. The van der Waals surface area contributed by atoms with Crippen LogP contribution < -0.4 is 22.1 Å². The molecule has 3 aromatic rings. The first-order valence-electron chi connectivity index (χ1n) is 8.28. The van der Waals surface area contributed by atoms with Crippen LogP contribution >= 0.6 is 0 Å². The number of urea groups is 1. The van der Waals surface area contributed by atoms with Gasteiger partial charge in [-0.05, 0) is 35.4 Å². The number of anilines is 1. The molecular formula is C19H18N6O3. The van der Waals surface area contributed by atoms with Crippen molar-refractivity contribution in [1.29, 1.82) is 0 Å². The van der Waals surface area contributed by atoms with E-state index < -0.39 is 17.8 Å². The van der Waals surface area contributed by atoms with Crippen molar-refractivity contribution in [3.05, 3.63) is 66.0 Å². The summed E-state index contributed by atoms with van der Waals surface area (Å²) in [4.78, 5) is 34.3. The third kappa shape index (κ3) is 3.83. The Morgan fingerprint density at radius 2 is 1.50 bits per heavy atom. The standard InChI is InChI=1S/C19H18N6O3/c1-22-18(27)16-15(23-19(21)28)10-25(24-16)14-8-6-12(7-9-14)11-2-4-13(5-3-11)17(20)26/h2-10H,1H3,(H2,20,26)(H,22,27)(H3,21,23,28). The molecule has 3 rings (SSSR count). The van der Waals surface area contributed by atoms with Gasteiger partial charge in [-0.2, -0.15) is 5.10 Å². The second kappa shape index (κ2) is 7.62. The number of nitrogens with one attached hydrogen (secondary N) is 2. The molecule has 4 amide bonds. The van der Waals surface area contributed by atoms with Gasteiger partial charge in [0.25, 0.3) is 5.91 Å². The third-order valence-electron chi connectivity index (χ3n) is 4.05. The van der Waals surface area contributed by atoms with E-state index in [0.717, 1.165) is 11.1 Å². The lowest BCUT2D eigenvalue weighted by molar-refractivity contribution is 0.0957. The Balaban J connectivity index is 1.90. The molecule has 0 saturated heterocycles. The Hall–Kier alpha value is -4.14. The van der Waals surface area contributed by atoms with Crippen molar-refractivity contribution in [2.24, 2.45) is 11.5 Å². The number of hydrogen-bond acceptors (Lipinski definition) is 4. The molecule has 0 fully saturated rings. The molecule has 2 aromatic carbocycles. The van der Waals surface area contributed by atoms with Crippen molar-refractivity contribution >= 4 is 23.5 Å². The number of aromatic nitrogens is 2. The zero-order chi connectivity index (χ0) is 20.3. The Morgan fingerprint density at radius 1 is 0.929 bits per heavy atom. The van der Waals surface area contributed by atoms with Gasteiger partial charge in [0, 0.05) is 12.6 Å². The number of amides is 4. The van der Waals surface area contributed by atoms with E-state index in [-0.39, 0.29) is 11.4 Å². The normalized spacial score (nSPS) is 10.3. The summed E-state index contributed by atoms with van der Waals surface area (Å²) >= 11 is 0. The molecule has 0 saturated carbocycles. The Labute approximate surface area is 160 Å². The molecule has 1 heterocycles. The van der Waals surface area contributed by atoms with Crippen molar-refractivity contribution < 1.29 is 14.4 Å². The van der Waals surface area contributed by atoms with Crippen LogP contribution in [0, 0.1) is 0 Å². The summed E-state index contributed by atoms with van der Waals surface area (Å²) in [6.45, 7) is 0. The maximum Gasteiger partial charge on any atom is 0.316 e. The highest BCUT2D eigenvalue weighted by Gasteiger charge is 2.17. The average molecular weight is 378 g/mol. The lowest BCUT2D eigenvalue weighted by atomic mass is 10.0. The van der Waals surface area contributed by atoms with E-state index in [1.165, 1.54) is 17.9 Å². The van der Waals surface area contributed by atoms with Crippen LogP contribution in [0.1, 0.15) is 20.8 Å². The highest BCUT2D eigenvalue weighted by molar-refractivity contribution is 6.01. The molecule has 1 aromatic heterocycles. The van der Waals surface area contributed by atoms with E-state index in [1.54, 1.807) is 12.1 Å². The minimum atomic E-state index is -0.792. The third-order valence-corrected chi connectivity index (χ3v) is 4.05. The molecule has 0 unspecified atom stereocenters. The number of carbonyl (C=O) groups is 3. The molecule has 9 nitrogen and oxygen atoms in total.